The number of aryl methyl sites for hydroxylation is 1. The summed E-state index contributed by atoms with van der Waals surface area (Å²) in [5.41, 5.74) is 4.66. The second-order valence-electron chi connectivity index (χ2n) is 6.07. The van der Waals surface area contributed by atoms with Crippen LogP contribution in [0.3, 0.4) is 0 Å². The van der Waals surface area contributed by atoms with Crippen molar-refractivity contribution < 1.29 is 4.39 Å². The molecular formula is C23H24FP. The molecule has 0 bridgehead atoms. The largest absolute Gasteiger partial charge is 0.206 e. The van der Waals surface area contributed by atoms with E-state index in [4.69, 9.17) is 0 Å². The monoisotopic (exact) mass is 350 g/mol. The molecule has 2 heteroatoms. The van der Waals surface area contributed by atoms with Gasteiger partial charge >= 0.3 is 0 Å². The maximum atomic E-state index is 14.6. The summed E-state index contributed by atoms with van der Waals surface area (Å²) in [5, 5.41) is 2.15. The van der Waals surface area contributed by atoms with Gasteiger partial charge in [-0.15, -0.1) is 0 Å². The lowest BCUT2D eigenvalue weighted by molar-refractivity contribution is 0.623. The molecule has 2 aromatic carbocycles. The average Bonchev–Trinajstić information content (AvgIpc) is 2.60. The zero-order chi connectivity index (χ0) is 18.4. The molecule has 1 unspecified atom stereocenters. The van der Waals surface area contributed by atoms with Crippen LogP contribution in [-0.2, 0) is 0 Å². The maximum Gasteiger partial charge on any atom is 0.131 e. The van der Waals surface area contributed by atoms with Gasteiger partial charge in [0.1, 0.15) is 5.82 Å². The van der Waals surface area contributed by atoms with Gasteiger partial charge < -0.3 is 0 Å². The number of halogens is 1. The summed E-state index contributed by atoms with van der Waals surface area (Å²) in [5.74, 6) is -0.212. The van der Waals surface area contributed by atoms with Crippen molar-refractivity contribution in [1.29, 1.82) is 0 Å². The van der Waals surface area contributed by atoms with Gasteiger partial charge in [0.25, 0.3) is 0 Å². The first-order chi connectivity index (χ1) is 11.9. The quantitative estimate of drug-likeness (QED) is 0.404. The first kappa shape index (κ1) is 19.1. The van der Waals surface area contributed by atoms with Gasteiger partial charge in [0.15, 0.2) is 0 Å². The number of rotatable bonds is 6. The van der Waals surface area contributed by atoms with E-state index in [1.54, 1.807) is 12.1 Å². The molecule has 0 fully saturated rings. The normalized spacial score (nSPS) is 12.6. The van der Waals surface area contributed by atoms with Crippen molar-refractivity contribution in [3.63, 3.8) is 0 Å². The van der Waals surface area contributed by atoms with E-state index >= 15 is 0 Å². The fourth-order valence-electron chi connectivity index (χ4n) is 2.44. The van der Waals surface area contributed by atoms with Crippen molar-refractivity contribution in [2.24, 2.45) is 0 Å². The molecule has 0 heterocycles. The van der Waals surface area contributed by atoms with Crippen LogP contribution in [0.25, 0.3) is 10.9 Å². The summed E-state index contributed by atoms with van der Waals surface area (Å²) in [6.45, 7) is 13.8. The van der Waals surface area contributed by atoms with Crippen LogP contribution in [0.4, 0.5) is 4.39 Å². The van der Waals surface area contributed by atoms with Gasteiger partial charge in [0.05, 0.1) is 0 Å². The number of benzene rings is 2. The number of allylic oxidation sites excluding steroid dienone is 5. The third-order valence-electron chi connectivity index (χ3n) is 4.14. The molecular weight excluding hydrogens is 326 g/mol. The predicted octanol–water partition coefficient (Wildman–Crippen LogP) is 6.64. The van der Waals surface area contributed by atoms with Crippen molar-refractivity contribution in [1.82, 2.24) is 0 Å². The highest BCUT2D eigenvalue weighted by Gasteiger charge is 2.09. The molecule has 0 spiro atoms. The van der Waals surface area contributed by atoms with Gasteiger partial charge in [-0.05, 0) is 54.2 Å². The molecule has 25 heavy (non-hydrogen) atoms. The van der Waals surface area contributed by atoms with E-state index in [-0.39, 0.29) is 5.82 Å². The van der Waals surface area contributed by atoms with E-state index < -0.39 is 0 Å². The fraction of sp³-hybridized carbons (Fsp3) is 0.130. The van der Waals surface area contributed by atoms with Crippen molar-refractivity contribution in [2.45, 2.75) is 20.8 Å². The molecule has 0 aromatic heterocycles. The van der Waals surface area contributed by atoms with Crippen LogP contribution in [0.2, 0.25) is 0 Å². The van der Waals surface area contributed by atoms with Gasteiger partial charge in [0.2, 0.25) is 0 Å². The molecule has 0 nitrogen and oxygen atoms in total. The lowest BCUT2D eigenvalue weighted by Gasteiger charge is -2.11. The standard InChI is InChI=1S/C23H24FP/c1-6-7-8-17(3)18(4)22-14-11-20(15-23(22)24)19(5)25-21-12-9-16(2)10-13-21/h6-15,25H,1,5H2,2-4H3/b8-7-,18-17+. The fourth-order valence-corrected chi connectivity index (χ4v) is 3.42. The Morgan fingerprint density at radius 2 is 1.76 bits per heavy atom. The predicted molar refractivity (Wildman–Crippen MR) is 112 cm³/mol. The molecule has 0 aliphatic carbocycles. The zero-order valence-corrected chi connectivity index (χ0v) is 16.1. The molecule has 1 atom stereocenters. The Kier molecular flexibility index (Phi) is 6.67. The molecule has 2 rings (SSSR count). The van der Waals surface area contributed by atoms with E-state index in [0.29, 0.717) is 14.1 Å². The van der Waals surface area contributed by atoms with E-state index in [0.717, 1.165) is 22.0 Å². The molecule has 0 aliphatic heterocycles. The van der Waals surface area contributed by atoms with Gasteiger partial charge in [-0.25, -0.2) is 4.39 Å². The SMILES string of the molecule is C=C/C=C\C(C)=C(/C)c1ccc(C(=C)Pc2ccc(C)cc2)cc1F. The second kappa shape index (κ2) is 8.74. The Hall–Kier alpha value is -2.24. The topological polar surface area (TPSA) is 0 Å². The second-order valence-corrected chi connectivity index (χ2v) is 7.50. The Balaban J connectivity index is 2.23. The van der Waals surface area contributed by atoms with Gasteiger partial charge in [-0.1, -0.05) is 81.9 Å². The first-order valence-corrected chi connectivity index (χ1v) is 9.22. The van der Waals surface area contributed by atoms with Crippen LogP contribution in [0.15, 0.2) is 79.4 Å². The smallest absolute Gasteiger partial charge is 0.131 e. The highest BCUT2D eigenvalue weighted by Crippen LogP contribution is 2.33. The zero-order valence-electron chi connectivity index (χ0n) is 15.1. The Labute approximate surface area is 152 Å². The van der Waals surface area contributed by atoms with Crippen molar-refractivity contribution in [2.75, 3.05) is 0 Å². The van der Waals surface area contributed by atoms with E-state index in [9.17, 15) is 4.39 Å². The van der Waals surface area contributed by atoms with Gasteiger partial charge in [-0.2, -0.15) is 0 Å². The van der Waals surface area contributed by atoms with Crippen LogP contribution >= 0.6 is 8.58 Å². The summed E-state index contributed by atoms with van der Waals surface area (Å²) >= 11 is 0. The lowest BCUT2D eigenvalue weighted by atomic mass is 10.00. The average molecular weight is 350 g/mol. The summed E-state index contributed by atoms with van der Waals surface area (Å²) in [6, 6.07) is 13.8. The first-order valence-electron chi connectivity index (χ1n) is 8.22. The lowest BCUT2D eigenvalue weighted by Crippen LogP contribution is -1.95. The third kappa shape index (κ3) is 5.11. The molecule has 0 amide bonds. The van der Waals surface area contributed by atoms with Gasteiger partial charge in [0, 0.05) is 5.56 Å². The Morgan fingerprint density at radius 3 is 2.36 bits per heavy atom. The summed E-state index contributed by atoms with van der Waals surface area (Å²) in [7, 11) is 0.440. The molecule has 0 aliphatic rings. The highest BCUT2D eigenvalue weighted by molar-refractivity contribution is 7.58. The number of hydrogen-bond donors (Lipinski definition) is 0. The molecule has 0 saturated heterocycles. The minimum absolute atomic E-state index is 0.212. The maximum absolute atomic E-state index is 14.6. The Bertz CT molecular complexity index is 839. The van der Waals surface area contributed by atoms with E-state index in [1.165, 1.54) is 10.9 Å². The summed E-state index contributed by atoms with van der Waals surface area (Å²) in [4.78, 5) is 0. The van der Waals surface area contributed by atoms with E-state index in [1.807, 2.05) is 38.1 Å². The molecule has 0 N–H and O–H groups in total. The highest BCUT2D eigenvalue weighted by atomic mass is 31.1. The van der Waals surface area contributed by atoms with E-state index in [2.05, 4.69) is 44.3 Å². The third-order valence-corrected chi connectivity index (χ3v) is 5.35. The van der Waals surface area contributed by atoms with Crippen molar-refractivity contribution >= 4 is 24.8 Å². The van der Waals surface area contributed by atoms with Crippen molar-refractivity contribution in [3.05, 3.63) is 102 Å². The molecule has 128 valence electrons. The number of hydrogen-bond acceptors (Lipinski definition) is 0. The van der Waals surface area contributed by atoms with Crippen LogP contribution in [0.1, 0.15) is 30.5 Å². The van der Waals surface area contributed by atoms with Crippen LogP contribution < -0.4 is 5.30 Å². The van der Waals surface area contributed by atoms with Crippen LogP contribution in [-0.4, -0.2) is 0 Å². The minimum Gasteiger partial charge on any atom is -0.206 e. The molecule has 0 radical (unpaired) electrons. The Morgan fingerprint density at radius 1 is 1.08 bits per heavy atom. The molecule has 0 saturated carbocycles. The summed E-state index contributed by atoms with van der Waals surface area (Å²) in [6.07, 6.45) is 5.51. The molecule has 2 aromatic rings. The summed E-state index contributed by atoms with van der Waals surface area (Å²) < 4.78 is 14.6. The van der Waals surface area contributed by atoms with Gasteiger partial charge in [-0.3, -0.25) is 0 Å². The van der Waals surface area contributed by atoms with Crippen molar-refractivity contribution in [3.8, 4) is 0 Å². The van der Waals surface area contributed by atoms with Crippen LogP contribution in [0.5, 0.6) is 0 Å². The minimum atomic E-state index is -0.212. The van der Waals surface area contributed by atoms with Crippen LogP contribution in [0, 0.1) is 12.7 Å².